The van der Waals surface area contributed by atoms with E-state index >= 15 is 0 Å². The minimum atomic E-state index is -0.0162. The Morgan fingerprint density at radius 1 is 1.11 bits per heavy atom. The number of aryl methyl sites for hydroxylation is 2. The van der Waals surface area contributed by atoms with E-state index in [1.165, 1.54) is 21.6 Å². The van der Waals surface area contributed by atoms with E-state index < -0.39 is 0 Å². The summed E-state index contributed by atoms with van der Waals surface area (Å²) in [4.78, 5) is 1.20. The van der Waals surface area contributed by atoms with E-state index in [4.69, 9.17) is 5.73 Å². The van der Waals surface area contributed by atoms with Gasteiger partial charge in [-0.1, -0.05) is 32.0 Å². The zero-order chi connectivity index (χ0) is 13.1. The Morgan fingerprint density at radius 3 is 2.39 bits per heavy atom. The number of thiophene rings is 1. The molecule has 0 aliphatic heterocycles. The predicted octanol–water partition coefficient (Wildman–Crippen LogP) is 4.68. The molecule has 3 heteroatoms. The third-order valence-corrected chi connectivity index (χ3v) is 4.96. The highest BCUT2D eigenvalue weighted by Crippen LogP contribution is 2.30. The summed E-state index contributed by atoms with van der Waals surface area (Å²) in [6.07, 6.45) is 2.15. The lowest BCUT2D eigenvalue weighted by molar-refractivity contribution is 0.883. The molecule has 0 radical (unpaired) electrons. The Bertz CT molecular complexity index is 533. The van der Waals surface area contributed by atoms with Gasteiger partial charge in [-0.15, -0.1) is 11.3 Å². The lowest BCUT2D eigenvalue weighted by Crippen LogP contribution is -2.11. The quantitative estimate of drug-likeness (QED) is 0.868. The normalized spacial score (nSPS) is 12.7. The molecule has 18 heavy (non-hydrogen) atoms. The molecule has 1 aromatic heterocycles. The van der Waals surface area contributed by atoms with Crippen molar-refractivity contribution in [3.63, 3.8) is 0 Å². The number of benzene rings is 1. The van der Waals surface area contributed by atoms with E-state index in [0.717, 1.165) is 16.6 Å². The van der Waals surface area contributed by atoms with Crippen molar-refractivity contribution in [2.75, 3.05) is 0 Å². The molecule has 96 valence electrons. The molecule has 2 N–H and O–H groups in total. The Balaban J connectivity index is 2.33. The second-order valence-corrected chi connectivity index (χ2v) is 6.85. The Hall–Kier alpha value is -0.640. The van der Waals surface area contributed by atoms with Gasteiger partial charge in [0.25, 0.3) is 0 Å². The molecule has 1 nitrogen and oxygen atoms in total. The largest absolute Gasteiger partial charge is 0.320 e. The van der Waals surface area contributed by atoms with E-state index in [1.54, 1.807) is 11.3 Å². The van der Waals surface area contributed by atoms with Crippen LogP contribution in [-0.2, 0) is 12.8 Å². The van der Waals surface area contributed by atoms with Crippen LogP contribution in [0.1, 0.15) is 41.5 Å². The number of hydrogen-bond donors (Lipinski definition) is 1. The van der Waals surface area contributed by atoms with Gasteiger partial charge in [0.1, 0.15) is 0 Å². The summed E-state index contributed by atoms with van der Waals surface area (Å²) in [5.74, 6) is 0. The van der Waals surface area contributed by atoms with Crippen molar-refractivity contribution >= 4 is 27.3 Å². The van der Waals surface area contributed by atoms with Crippen LogP contribution in [0.5, 0.6) is 0 Å². The molecular weight excluding hydrogens is 306 g/mol. The van der Waals surface area contributed by atoms with Crippen LogP contribution in [0.15, 0.2) is 34.1 Å². The van der Waals surface area contributed by atoms with Crippen LogP contribution < -0.4 is 5.73 Å². The van der Waals surface area contributed by atoms with E-state index in [1.807, 2.05) is 0 Å². The van der Waals surface area contributed by atoms with Crippen molar-refractivity contribution in [2.24, 2.45) is 5.73 Å². The second kappa shape index (κ2) is 6.00. The molecule has 0 spiro atoms. The highest BCUT2D eigenvalue weighted by atomic mass is 79.9. The van der Waals surface area contributed by atoms with Crippen molar-refractivity contribution in [2.45, 2.75) is 32.7 Å². The fraction of sp³-hybridized carbons (Fsp3) is 0.333. The number of nitrogens with two attached hydrogens (primary N) is 1. The van der Waals surface area contributed by atoms with Crippen molar-refractivity contribution < 1.29 is 0 Å². The van der Waals surface area contributed by atoms with Crippen molar-refractivity contribution in [3.8, 4) is 0 Å². The molecule has 2 aromatic rings. The topological polar surface area (TPSA) is 26.0 Å². The van der Waals surface area contributed by atoms with Crippen LogP contribution in [0.4, 0.5) is 0 Å². The number of hydrogen-bond acceptors (Lipinski definition) is 2. The van der Waals surface area contributed by atoms with E-state index in [-0.39, 0.29) is 6.04 Å². The smallest absolute Gasteiger partial charge is 0.0702 e. The van der Waals surface area contributed by atoms with Crippen LogP contribution in [-0.4, -0.2) is 0 Å². The van der Waals surface area contributed by atoms with Gasteiger partial charge in [-0.3, -0.25) is 0 Å². The lowest BCUT2D eigenvalue weighted by atomic mass is 9.96. The molecule has 1 aromatic carbocycles. The first kappa shape index (κ1) is 13.8. The maximum absolute atomic E-state index is 6.33. The van der Waals surface area contributed by atoms with Gasteiger partial charge in [0, 0.05) is 4.88 Å². The second-order valence-electron chi connectivity index (χ2n) is 4.35. The average Bonchev–Trinajstić information content (AvgIpc) is 2.83. The first-order valence-electron chi connectivity index (χ1n) is 6.28. The summed E-state index contributed by atoms with van der Waals surface area (Å²) in [6.45, 7) is 4.40. The van der Waals surface area contributed by atoms with E-state index in [2.05, 4.69) is 60.1 Å². The molecule has 0 amide bonds. The molecule has 0 aliphatic rings. The highest BCUT2D eigenvalue weighted by Gasteiger charge is 2.12. The lowest BCUT2D eigenvalue weighted by Gasteiger charge is -2.14. The predicted molar refractivity (Wildman–Crippen MR) is 83.2 cm³/mol. The molecule has 0 saturated heterocycles. The van der Waals surface area contributed by atoms with Crippen LogP contribution in [0.2, 0.25) is 0 Å². The first-order chi connectivity index (χ1) is 8.65. The summed E-state index contributed by atoms with van der Waals surface area (Å²) in [5, 5.41) is 0. The van der Waals surface area contributed by atoms with Gasteiger partial charge in [0.05, 0.1) is 9.83 Å². The minimum absolute atomic E-state index is 0.0162. The number of halogens is 1. The fourth-order valence-electron chi connectivity index (χ4n) is 2.17. The number of rotatable bonds is 4. The van der Waals surface area contributed by atoms with Crippen LogP contribution >= 0.6 is 27.3 Å². The molecule has 2 rings (SSSR count). The molecule has 1 unspecified atom stereocenters. The van der Waals surface area contributed by atoms with Gasteiger partial charge in [0.15, 0.2) is 0 Å². The van der Waals surface area contributed by atoms with Crippen molar-refractivity contribution in [3.05, 3.63) is 55.7 Å². The summed E-state index contributed by atoms with van der Waals surface area (Å²) in [7, 11) is 0. The fourth-order valence-corrected chi connectivity index (χ4v) is 3.63. The zero-order valence-corrected chi connectivity index (χ0v) is 13.1. The van der Waals surface area contributed by atoms with Crippen LogP contribution in [0, 0.1) is 0 Å². The van der Waals surface area contributed by atoms with Gasteiger partial charge >= 0.3 is 0 Å². The summed E-state index contributed by atoms with van der Waals surface area (Å²) in [5.41, 5.74) is 10.4. The van der Waals surface area contributed by atoms with Crippen molar-refractivity contribution in [1.82, 2.24) is 0 Å². The molecule has 0 bridgehead atoms. The summed E-state index contributed by atoms with van der Waals surface area (Å²) in [6, 6.07) is 10.8. The third kappa shape index (κ3) is 2.85. The van der Waals surface area contributed by atoms with Crippen molar-refractivity contribution in [1.29, 1.82) is 0 Å². The monoisotopic (exact) mass is 323 g/mol. The molecule has 1 heterocycles. The minimum Gasteiger partial charge on any atom is -0.320 e. The summed E-state index contributed by atoms with van der Waals surface area (Å²) >= 11 is 5.19. The molecule has 0 fully saturated rings. The third-order valence-electron chi connectivity index (χ3n) is 3.25. The SMILES string of the molecule is CCc1ccc(C(N)c2ccc(Br)s2)cc1CC. The van der Waals surface area contributed by atoms with Gasteiger partial charge in [0.2, 0.25) is 0 Å². The maximum Gasteiger partial charge on any atom is 0.0702 e. The van der Waals surface area contributed by atoms with E-state index in [0.29, 0.717) is 0 Å². The van der Waals surface area contributed by atoms with Gasteiger partial charge in [-0.2, -0.15) is 0 Å². The molecule has 0 saturated carbocycles. The molecule has 0 aliphatic carbocycles. The zero-order valence-electron chi connectivity index (χ0n) is 10.7. The van der Waals surface area contributed by atoms with E-state index in [9.17, 15) is 0 Å². The molecule has 1 atom stereocenters. The van der Waals surface area contributed by atoms with Gasteiger partial charge < -0.3 is 5.73 Å². The standard InChI is InChI=1S/C15H18BrNS/c1-3-10-5-6-12(9-11(10)4-2)15(17)13-7-8-14(16)18-13/h5-9,15H,3-4,17H2,1-2H3. The first-order valence-corrected chi connectivity index (χ1v) is 7.89. The van der Waals surface area contributed by atoms with Gasteiger partial charge in [-0.05, 0) is 57.6 Å². The Labute approximate surface area is 121 Å². The average molecular weight is 324 g/mol. The van der Waals surface area contributed by atoms with Crippen LogP contribution in [0.25, 0.3) is 0 Å². The highest BCUT2D eigenvalue weighted by molar-refractivity contribution is 9.11. The van der Waals surface area contributed by atoms with Crippen LogP contribution in [0.3, 0.4) is 0 Å². The summed E-state index contributed by atoms with van der Waals surface area (Å²) < 4.78 is 1.13. The van der Waals surface area contributed by atoms with Gasteiger partial charge in [-0.25, -0.2) is 0 Å². The molecular formula is C15H18BrNS. The Kier molecular flexibility index (Phi) is 4.60. The Morgan fingerprint density at radius 2 is 1.83 bits per heavy atom. The maximum atomic E-state index is 6.33.